The van der Waals surface area contributed by atoms with Gasteiger partial charge in [-0.15, -0.1) is 0 Å². The Kier molecular flexibility index (Phi) is 3.21. The van der Waals surface area contributed by atoms with Crippen molar-refractivity contribution in [1.82, 2.24) is 10.2 Å². The summed E-state index contributed by atoms with van der Waals surface area (Å²) >= 11 is 0. The Morgan fingerprint density at radius 2 is 2.29 bits per heavy atom. The summed E-state index contributed by atoms with van der Waals surface area (Å²) in [7, 11) is 0. The van der Waals surface area contributed by atoms with E-state index in [0.29, 0.717) is 18.2 Å². The molecule has 1 unspecified atom stereocenters. The highest BCUT2D eigenvalue weighted by atomic mass is 16.5. The van der Waals surface area contributed by atoms with Crippen molar-refractivity contribution in [3.05, 3.63) is 34.4 Å². The normalized spacial score (nSPS) is 28.9. The molecule has 2 fully saturated rings. The van der Waals surface area contributed by atoms with Crippen LogP contribution in [0, 0.1) is 6.92 Å². The van der Waals surface area contributed by atoms with Gasteiger partial charge < -0.3 is 14.8 Å². The highest BCUT2D eigenvalue weighted by molar-refractivity contribution is 5.93. The standard InChI is InChI=1S/C16H20N2O3/c1-10-12(2-3-13-14(10)9-21-16(13)19)15-7-18-5-4-17-6-11(18)8-20-15/h2-3,11,15,17H,4-9H2,1H3/t11-,15?/m1/s1. The van der Waals surface area contributed by atoms with Crippen LogP contribution >= 0.6 is 0 Å². The molecule has 5 heteroatoms. The average molecular weight is 288 g/mol. The maximum absolute atomic E-state index is 11.6. The van der Waals surface area contributed by atoms with Gasteiger partial charge in [0.2, 0.25) is 0 Å². The Morgan fingerprint density at radius 1 is 1.38 bits per heavy atom. The summed E-state index contributed by atoms with van der Waals surface area (Å²) in [5.74, 6) is -0.202. The van der Waals surface area contributed by atoms with Crippen LogP contribution in [0.1, 0.15) is 33.2 Å². The number of fused-ring (bicyclic) bond motifs is 2. The molecule has 3 aliphatic heterocycles. The molecular weight excluding hydrogens is 268 g/mol. The zero-order chi connectivity index (χ0) is 14.4. The van der Waals surface area contributed by atoms with E-state index in [0.717, 1.165) is 43.9 Å². The minimum Gasteiger partial charge on any atom is -0.457 e. The number of hydrogen-bond acceptors (Lipinski definition) is 5. The molecule has 0 bridgehead atoms. The number of piperazine rings is 1. The smallest absolute Gasteiger partial charge is 0.338 e. The van der Waals surface area contributed by atoms with Gasteiger partial charge in [-0.3, -0.25) is 4.90 Å². The monoisotopic (exact) mass is 288 g/mol. The number of carbonyl (C=O) groups excluding carboxylic acids is 1. The Labute approximate surface area is 124 Å². The third-order valence-electron chi connectivity index (χ3n) is 4.92. The fraction of sp³-hybridized carbons (Fsp3) is 0.562. The quantitative estimate of drug-likeness (QED) is 0.782. The molecule has 1 aromatic rings. The van der Waals surface area contributed by atoms with Crippen molar-refractivity contribution in [2.75, 3.05) is 32.8 Å². The van der Waals surface area contributed by atoms with Crippen LogP contribution in [0.2, 0.25) is 0 Å². The van der Waals surface area contributed by atoms with Gasteiger partial charge in [0, 0.05) is 37.8 Å². The van der Waals surface area contributed by atoms with Crippen LogP contribution in [-0.4, -0.2) is 49.7 Å². The zero-order valence-corrected chi connectivity index (χ0v) is 12.2. The lowest BCUT2D eigenvalue weighted by molar-refractivity contribution is -0.0720. The van der Waals surface area contributed by atoms with Gasteiger partial charge in [0.15, 0.2) is 0 Å². The van der Waals surface area contributed by atoms with E-state index in [4.69, 9.17) is 9.47 Å². The molecule has 21 heavy (non-hydrogen) atoms. The lowest BCUT2D eigenvalue weighted by Gasteiger charge is -2.43. The first kappa shape index (κ1) is 13.2. The summed E-state index contributed by atoms with van der Waals surface area (Å²) in [5, 5.41) is 3.41. The van der Waals surface area contributed by atoms with Crippen molar-refractivity contribution < 1.29 is 14.3 Å². The van der Waals surface area contributed by atoms with Crippen LogP contribution in [0.5, 0.6) is 0 Å². The first-order valence-electron chi connectivity index (χ1n) is 7.60. The maximum Gasteiger partial charge on any atom is 0.338 e. The zero-order valence-electron chi connectivity index (χ0n) is 12.2. The summed E-state index contributed by atoms with van der Waals surface area (Å²) in [6.45, 7) is 7.31. The SMILES string of the molecule is Cc1c(C2CN3CCNC[C@@H]3CO2)ccc2c1COC2=O. The van der Waals surface area contributed by atoms with Gasteiger partial charge >= 0.3 is 5.97 Å². The maximum atomic E-state index is 11.6. The number of cyclic esters (lactones) is 1. The molecule has 5 nitrogen and oxygen atoms in total. The van der Waals surface area contributed by atoms with Gasteiger partial charge in [0.25, 0.3) is 0 Å². The molecule has 0 spiro atoms. The van der Waals surface area contributed by atoms with Gasteiger partial charge in [-0.1, -0.05) is 6.07 Å². The van der Waals surface area contributed by atoms with Crippen molar-refractivity contribution in [2.24, 2.45) is 0 Å². The number of hydrogen-bond donors (Lipinski definition) is 1. The van der Waals surface area contributed by atoms with Crippen LogP contribution in [0.4, 0.5) is 0 Å². The molecule has 0 radical (unpaired) electrons. The van der Waals surface area contributed by atoms with E-state index >= 15 is 0 Å². The predicted molar refractivity (Wildman–Crippen MR) is 77.2 cm³/mol. The fourth-order valence-electron chi connectivity index (χ4n) is 3.61. The van der Waals surface area contributed by atoms with Crippen LogP contribution < -0.4 is 5.32 Å². The lowest BCUT2D eigenvalue weighted by atomic mass is 9.94. The van der Waals surface area contributed by atoms with Crippen LogP contribution in [-0.2, 0) is 16.1 Å². The Morgan fingerprint density at radius 3 is 3.19 bits per heavy atom. The number of morpholine rings is 1. The van der Waals surface area contributed by atoms with E-state index in [1.165, 1.54) is 5.56 Å². The number of nitrogens with zero attached hydrogens (tertiary/aromatic N) is 1. The first-order chi connectivity index (χ1) is 10.2. The van der Waals surface area contributed by atoms with Gasteiger partial charge in [0.1, 0.15) is 6.61 Å². The van der Waals surface area contributed by atoms with E-state index < -0.39 is 0 Å². The Bertz CT molecular complexity index is 587. The molecule has 0 amide bonds. The van der Waals surface area contributed by atoms with Gasteiger partial charge in [-0.2, -0.15) is 0 Å². The summed E-state index contributed by atoms with van der Waals surface area (Å²) in [5.41, 5.74) is 4.09. The van der Waals surface area contributed by atoms with E-state index in [1.807, 2.05) is 12.1 Å². The second-order valence-corrected chi connectivity index (χ2v) is 6.06. The molecule has 4 rings (SSSR count). The van der Waals surface area contributed by atoms with E-state index in [2.05, 4.69) is 17.1 Å². The molecule has 3 aliphatic rings. The minimum atomic E-state index is -0.202. The number of carbonyl (C=O) groups is 1. The van der Waals surface area contributed by atoms with Crippen molar-refractivity contribution in [3.63, 3.8) is 0 Å². The van der Waals surface area contributed by atoms with E-state index in [9.17, 15) is 4.79 Å². The summed E-state index contributed by atoms with van der Waals surface area (Å²) in [4.78, 5) is 14.1. The highest BCUT2D eigenvalue weighted by Crippen LogP contribution is 2.33. The van der Waals surface area contributed by atoms with Gasteiger partial charge in [-0.05, 0) is 24.1 Å². The first-order valence-corrected chi connectivity index (χ1v) is 7.60. The lowest BCUT2D eigenvalue weighted by Crippen LogP contribution is -2.57. The second-order valence-electron chi connectivity index (χ2n) is 6.06. The van der Waals surface area contributed by atoms with Crippen LogP contribution in [0.25, 0.3) is 0 Å². The minimum absolute atomic E-state index is 0.0975. The number of esters is 1. The Hall–Kier alpha value is -1.43. The van der Waals surface area contributed by atoms with Crippen LogP contribution in [0.3, 0.4) is 0 Å². The molecule has 0 aromatic heterocycles. The van der Waals surface area contributed by atoms with E-state index in [1.54, 1.807) is 0 Å². The molecule has 1 aromatic carbocycles. The summed E-state index contributed by atoms with van der Waals surface area (Å²) < 4.78 is 11.2. The fourth-order valence-corrected chi connectivity index (χ4v) is 3.61. The molecule has 1 N–H and O–H groups in total. The molecule has 0 aliphatic carbocycles. The van der Waals surface area contributed by atoms with Crippen molar-refractivity contribution in [3.8, 4) is 0 Å². The van der Waals surface area contributed by atoms with Gasteiger partial charge in [0.05, 0.1) is 18.3 Å². The second kappa shape index (κ2) is 5.09. The molecular formula is C16H20N2O3. The predicted octanol–water partition coefficient (Wildman–Crippen LogP) is 1.01. The van der Waals surface area contributed by atoms with Crippen molar-refractivity contribution in [2.45, 2.75) is 25.7 Å². The number of nitrogens with one attached hydrogen (secondary N) is 1. The Balaban J connectivity index is 1.61. The number of benzene rings is 1. The van der Waals surface area contributed by atoms with E-state index in [-0.39, 0.29) is 12.1 Å². The van der Waals surface area contributed by atoms with Crippen LogP contribution in [0.15, 0.2) is 12.1 Å². The molecule has 3 heterocycles. The number of rotatable bonds is 1. The van der Waals surface area contributed by atoms with Crippen molar-refractivity contribution >= 4 is 5.97 Å². The number of ether oxygens (including phenoxy) is 2. The summed E-state index contributed by atoms with van der Waals surface area (Å²) in [6, 6.07) is 4.42. The average Bonchev–Trinajstić information content (AvgIpc) is 2.90. The largest absolute Gasteiger partial charge is 0.457 e. The molecule has 2 atom stereocenters. The third-order valence-corrected chi connectivity index (χ3v) is 4.92. The third kappa shape index (κ3) is 2.16. The highest BCUT2D eigenvalue weighted by Gasteiger charge is 2.33. The topological polar surface area (TPSA) is 50.8 Å². The van der Waals surface area contributed by atoms with Gasteiger partial charge in [-0.25, -0.2) is 4.79 Å². The summed E-state index contributed by atoms with van der Waals surface area (Å²) in [6.07, 6.45) is 0.0975. The molecule has 0 saturated carbocycles. The molecule has 112 valence electrons. The molecule has 2 saturated heterocycles. The van der Waals surface area contributed by atoms with Crippen molar-refractivity contribution in [1.29, 1.82) is 0 Å².